The van der Waals surface area contributed by atoms with Crippen LogP contribution in [0.25, 0.3) is 0 Å². The number of carbonyl (C=O) groups is 1. The molecule has 0 rings (SSSR count). The standard InChI is InChI=1S/C10H14O3.2C2H6/c1-4-8(2)5-6-9(3)13-7-10(11)12;2*1-2/h4-6H,3,7H2,1-2H3,(H,11,12);2*1-2H3/b6-5-,8-4-;;. The van der Waals surface area contributed by atoms with Gasteiger partial charge in [-0.3, -0.25) is 0 Å². The van der Waals surface area contributed by atoms with Gasteiger partial charge in [0.25, 0.3) is 0 Å². The molecule has 0 spiro atoms. The van der Waals surface area contributed by atoms with Gasteiger partial charge in [0.2, 0.25) is 0 Å². The molecule has 0 unspecified atom stereocenters. The molecule has 0 aromatic carbocycles. The van der Waals surface area contributed by atoms with Crippen molar-refractivity contribution in [2.75, 3.05) is 6.61 Å². The summed E-state index contributed by atoms with van der Waals surface area (Å²) in [7, 11) is 0. The van der Waals surface area contributed by atoms with Crippen LogP contribution in [-0.2, 0) is 9.53 Å². The third kappa shape index (κ3) is 20.5. The number of aliphatic carboxylic acids is 1. The van der Waals surface area contributed by atoms with E-state index in [1.807, 2.05) is 53.7 Å². The smallest absolute Gasteiger partial charge is 0.341 e. The fourth-order valence-electron chi connectivity index (χ4n) is 0.523. The zero-order valence-corrected chi connectivity index (χ0v) is 11.9. The Morgan fingerprint density at radius 1 is 1.24 bits per heavy atom. The fourth-order valence-corrected chi connectivity index (χ4v) is 0.523. The van der Waals surface area contributed by atoms with Gasteiger partial charge in [-0.05, 0) is 19.9 Å². The Bertz CT molecular complexity index is 250. The van der Waals surface area contributed by atoms with E-state index in [0.29, 0.717) is 5.76 Å². The van der Waals surface area contributed by atoms with Gasteiger partial charge < -0.3 is 9.84 Å². The SMILES string of the molecule is C=C(/C=C\C(C)=C/C)OCC(=O)O.CC.CC. The minimum absolute atomic E-state index is 0.349. The summed E-state index contributed by atoms with van der Waals surface area (Å²) in [5, 5.41) is 8.28. The zero-order chi connectivity index (χ0) is 14.3. The van der Waals surface area contributed by atoms with Crippen LogP contribution in [0.15, 0.2) is 36.1 Å². The molecule has 0 radical (unpaired) electrons. The quantitative estimate of drug-likeness (QED) is 0.581. The summed E-state index contributed by atoms with van der Waals surface area (Å²) in [5.74, 6) is -0.652. The third-order valence-corrected chi connectivity index (χ3v) is 1.37. The molecule has 1 N–H and O–H groups in total. The molecule has 3 nitrogen and oxygen atoms in total. The van der Waals surface area contributed by atoms with Crippen molar-refractivity contribution in [1.29, 1.82) is 0 Å². The van der Waals surface area contributed by atoms with E-state index in [4.69, 9.17) is 9.84 Å². The van der Waals surface area contributed by atoms with Crippen molar-refractivity contribution >= 4 is 5.97 Å². The largest absolute Gasteiger partial charge is 0.483 e. The van der Waals surface area contributed by atoms with Crippen LogP contribution >= 0.6 is 0 Å². The van der Waals surface area contributed by atoms with E-state index < -0.39 is 5.97 Å². The molecular weight excluding hydrogens is 216 g/mol. The van der Waals surface area contributed by atoms with E-state index in [2.05, 4.69) is 6.58 Å². The summed E-state index contributed by atoms with van der Waals surface area (Å²) in [6.45, 7) is 15.0. The van der Waals surface area contributed by atoms with Crippen LogP contribution in [0.2, 0.25) is 0 Å². The number of carboxylic acids is 1. The van der Waals surface area contributed by atoms with Gasteiger partial charge in [-0.15, -0.1) is 0 Å². The molecule has 0 aromatic rings. The number of hydrogen-bond donors (Lipinski definition) is 1. The van der Waals surface area contributed by atoms with Crippen LogP contribution in [0.5, 0.6) is 0 Å². The Hall–Kier alpha value is -1.51. The first-order valence-electron chi connectivity index (χ1n) is 5.90. The highest BCUT2D eigenvalue weighted by atomic mass is 16.5. The lowest BCUT2D eigenvalue weighted by Gasteiger charge is -2.00. The van der Waals surface area contributed by atoms with Crippen LogP contribution < -0.4 is 0 Å². The predicted molar refractivity (Wildman–Crippen MR) is 74.0 cm³/mol. The summed E-state index contributed by atoms with van der Waals surface area (Å²) < 4.78 is 4.79. The topological polar surface area (TPSA) is 46.5 Å². The van der Waals surface area contributed by atoms with Crippen molar-refractivity contribution in [2.24, 2.45) is 0 Å². The maximum Gasteiger partial charge on any atom is 0.341 e. The van der Waals surface area contributed by atoms with Gasteiger partial charge in [0, 0.05) is 0 Å². The van der Waals surface area contributed by atoms with E-state index in [-0.39, 0.29) is 6.61 Å². The molecule has 0 bridgehead atoms. The molecule has 0 amide bonds. The van der Waals surface area contributed by atoms with Gasteiger partial charge in [0.15, 0.2) is 6.61 Å². The molecule has 0 aliphatic carbocycles. The summed E-state index contributed by atoms with van der Waals surface area (Å²) in [6, 6.07) is 0. The lowest BCUT2D eigenvalue weighted by molar-refractivity contribution is -0.140. The van der Waals surface area contributed by atoms with Gasteiger partial charge >= 0.3 is 5.97 Å². The second-order valence-electron chi connectivity index (χ2n) is 2.51. The number of rotatable bonds is 5. The molecule has 17 heavy (non-hydrogen) atoms. The molecule has 0 heterocycles. The van der Waals surface area contributed by atoms with Crippen LogP contribution in [0, 0.1) is 0 Å². The Morgan fingerprint density at radius 3 is 2.06 bits per heavy atom. The minimum Gasteiger partial charge on any atom is -0.483 e. The maximum absolute atomic E-state index is 10.1. The Labute approximate surface area is 105 Å². The van der Waals surface area contributed by atoms with Crippen molar-refractivity contribution < 1.29 is 14.6 Å². The van der Waals surface area contributed by atoms with Gasteiger partial charge in [-0.1, -0.05) is 52.0 Å². The van der Waals surface area contributed by atoms with E-state index in [9.17, 15) is 4.79 Å². The van der Waals surface area contributed by atoms with Gasteiger partial charge in [-0.25, -0.2) is 4.79 Å². The normalized spacial score (nSPS) is 9.65. The first kappa shape index (κ1) is 20.8. The maximum atomic E-state index is 10.1. The lowest BCUT2D eigenvalue weighted by atomic mass is 10.2. The monoisotopic (exact) mass is 242 g/mol. The average Bonchev–Trinajstić information content (AvgIpc) is 2.38. The first-order chi connectivity index (χ1) is 8.06. The second-order valence-corrected chi connectivity index (χ2v) is 2.51. The van der Waals surface area contributed by atoms with Crippen LogP contribution in [-0.4, -0.2) is 17.7 Å². The average molecular weight is 242 g/mol. The number of ether oxygens (including phenoxy) is 1. The summed E-state index contributed by atoms with van der Waals surface area (Å²) in [6.07, 6.45) is 5.38. The Balaban J connectivity index is -0.000000439. The molecule has 0 fully saturated rings. The Kier molecular flexibility index (Phi) is 20.7. The molecule has 100 valence electrons. The number of hydrogen-bond acceptors (Lipinski definition) is 2. The summed E-state index contributed by atoms with van der Waals surface area (Å²) in [4.78, 5) is 10.1. The molecule has 3 heteroatoms. The summed E-state index contributed by atoms with van der Waals surface area (Å²) >= 11 is 0. The first-order valence-corrected chi connectivity index (χ1v) is 5.90. The van der Waals surface area contributed by atoms with Gasteiger partial charge in [-0.2, -0.15) is 0 Å². The fraction of sp³-hybridized carbons (Fsp3) is 0.500. The molecule has 0 saturated heterocycles. The van der Waals surface area contributed by atoms with Crippen LogP contribution in [0.4, 0.5) is 0 Å². The van der Waals surface area contributed by atoms with E-state index in [0.717, 1.165) is 5.57 Å². The van der Waals surface area contributed by atoms with Gasteiger partial charge in [0.1, 0.15) is 5.76 Å². The van der Waals surface area contributed by atoms with Crippen molar-refractivity contribution in [1.82, 2.24) is 0 Å². The molecule has 0 aliphatic heterocycles. The highest BCUT2D eigenvalue weighted by molar-refractivity contribution is 5.68. The van der Waals surface area contributed by atoms with Crippen molar-refractivity contribution in [3.63, 3.8) is 0 Å². The lowest BCUT2D eigenvalue weighted by Crippen LogP contribution is -2.05. The molecule has 0 aromatic heterocycles. The van der Waals surface area contributed by atoms with Crippen LogP contribution in [0.1, 0.15) is 41.5 Å². The molecule has 0 atom stereocenters. The predicted octanol–water partition coefficient (Wildman–Crippen LogP) is 4.18. The molecular formula is C14H26O3. The van der Waals surface area contributed by atoms with Crippen molar-refractivity contribution in [3.05, 3.63) is 36.1 Å². The van der Waals surface area contributed by atoms with Crippen molar-refractivity contribution in [3.8, 4) is 0 Å². The highest BCUT2D eigenvalue weighted by Gasteiger charge is 1.96. The van der Waals surface area contributed by atoms with E-state index in [1.54, 1.807) is 6.08 Å². The third-order valence-electron chi connectivity index (χ3n) is 1.37. The van der Waals surface area contributed by atoms with E-state index >= 15 is 0 Å². The van der Waals surface area contributed by atoms with Gasteiger partial charge in [0.05, 0.1) is 0 Å². The van der Waals surface area contributed by atoms with Crippen molar-refractivity contribution in [2.45, 2.75) is 41.5 Å². The highest BCUT2D eigenvalue weighted by Crippen LogP contribution is 2.00. The van der Waals surface area contributed by atoms with E-state index in [1.165, 1.54) is 0 Å². The number of carboxylic acid groups (broad SMARTS) is 1. The number of allylic oxidation sites excluding steroid dienone is 4. The minimum atomic E-state index is -1.00. The summed E-state index contributed by atoms with van der Waals surface area (Å²) in [5.41, 5.74) is 1.07. The zero-order valence-electron chi connectivity index (χ0n) is 11.9. The molecule has 0 saturated carbocycles. The molecule has 0 aliphatic rings. The Morgan fingerprint density at radius 2 is 1.71 bits per heavy atom. The van der Waals surface area contributed by atoms with Crippen LogP contribution in [0.3, 0.4) is 0 Å². The second kappa shape index (κ2) is 16.9.